The third-order valence-corrected chi connectivity index (χ3v) is 3.07. The molecule has 1 amide bonds. The Hall–Kier alpha value is -1.07. The Bertz CT molecular complexity index is 470. The molecule has 0 unspecified atom stereocenters. The number of halogens is 1. The summed E-state index contributed by atoms with van der Waals surface area (Å²) in [5.74, 6) is -0.987. The molecule has 1 radical (unpaired) electrons. The molecular formula is C9H9ClNO3S. The average molecular weight is 247 g/mol. The first-order chi connectivity index (χ1) is 6.94. The highest BCUT2D eigenvalue weighted by Crippen LogP contribution is 2.11. The van der Waals surface area contributed by atoms with Crippen LogP contribution in [0.3, 0.4) is 0 Å². The summed E-state index contributed by atoms with van der Waals surface area (Å²) in [4.78, 5) is 11.4. The maximum Gasteiger partial charge on any atom is 0.287 e. The van der Waals surface area contributed by atoms with Crippen molar-refractivity contribution in [3.05, 3.63) is 34.9 Å². The summed E-state index contributed by atoms with van der Waals surface area (Å²) in [5, 5.41) is 0.366. The Morgan fingerprint density at radius 1 is 1.47 bits per heavy atom. The third kappa shape index (κ3) is 3.53. The fourth-order valence-corrected chi connectivity index (χ4v) is 1.54. The zero-order valence-electron chi connectivity index (χ0n) is 7.97. The van der Waals surface area contributed by atoms with Crippen LogP contribution in [0, 0.1) is 0 Å². The minimum Gasteiger partial charge on any atom is -0.266 e. The van der Waals surface area contributed by atoms with Crippen LogP contribution in [-0.4, -0.2) is 20.1 Å². The number of carbonyl (C=O) groups is 1. The van der Waals surface area contributed by atoms with Crippen LogP contribution in [0.4, 0.5) is 0 Å². The minimum absolute atomic E-state index is 0.166. The zero-order chi connectivity index (χ0) is 11.5. The van der Waals surface area contributed by atoms with E-state index in [0.717, 1.165) is 0 Å². The normalized spacial score (nSPS) is 11.1. The average Bonchev–Trinajstić information content (AvgIpc) is 2.17. The van der Waals surface area contributed by atoms with Crippen molar-refractivity contribution in [2.45, 2.75) is 6.92 Å². The van der Waals surface area contributed by atoms with Crippen LogP contribution in [0.2, 0.25) is 5.02 Å². The molecule has 4 nitrogen and oxygen atoms in total. The molecule has 0 heterocycles. The third-order valence-electron chi connectivity index (χ3n) is 1.66. The highest BCUT2D eigenvalue weighted by Gasteiger charge is 2.16. The largest absolute Gasteiger partial charge is 0.287 e. The van der Waals surface area contributed by atoms with Gasteiger partial charge in [0, 0.05) is 10.6 Å². The smallest absolute Gasteiger partial charge is 0.266 e. The van der Waals surface area contributed by atoms with Crippen molar-refractivity contribution in [3.63, 3.8) is 0 Å². The maximum absolute atomic E-state index is 11.4. The number of rotatable bonds is 3. The van der Waals surface area contributed by atoms with Gasteiger partial charge in [-0.25, -0.2) is 8.42 Å². The molecule has 0 aliphatic rings. The lowest BCUT2D eigenvalue weighted by atomic mass is 10.2. The zero-order valence-corrected chi connectivity index (χ0v) is 9.55. The van der Waals surface area contributed by atoms with Gasteiger partial charge in [0.25, 0.3) is 15.9 Å². The number of benzene rings is 1. The van der Waals surface area contributed by atoms with Gasteiger partial charge in [-0.2, -0.15) is 0 Å². The van der Waals surface area contributed by atoms with Gasteiger partial charge < -0.3 is 0 Å². The van der Waals surface area contributed by atoms with Gasteiger partial charge in [0.1, 0.15) is 0 Å². The van der Waals surface area contributed by atoms with E-state index in [1.165, 1.54) is 19.1 Å². The summed E-state index contributed by atoms with van der Waals surface area (Å²) in [5.41, 5.74) is 0.166. The van der Waals surface area contributed by atoms with Gasteiger partial charge in [-0.1, -0.05) is 17.7 Å². The lowest BCUT2D eigenvalue weighted by Crippen LogP contribution is -2.24. The van der Waals surface area contributed by atoms with E-state index in [-0.39, 0.29) is 11.3 Å². The summed E-state index contributed by atoms with van der Waals surface area (Å²) < 4.78 is 25.2. The molecule has 0 saturated carbocycles. The molecule has 0 bridgehead atoms. The molecule has 0 N–H and O–H groups in total. The second-order valence-electron chi connectivity index (χ2n) is 2.78. The molecule has 0 aliphatic heterocycles. The molecule has 1 aromatic carbocycles. The van der Waals surface area contributed by atoms with Gasteiger partial charge in [0.2, 0.25) is 0 Å². The molecule has 0 atom stereocenters. The monoisotopic (exact) mass is 246 g/mol. The van der Waals surface area contributed by atoms with Crippen molar-refractivity contribution in [2.75, 3.05) is 5.75 Å². The number of hydrogen-bond acceptors (Lipinski definition) is 3. The molecule has 0 aromatic heterocycles. The van der Waals surface area contributed by atoms with Crippen LogP contribution in [0.1, 0.15) is 17.3 Å². The van der Waals surface area contributed by atoms with E-state index in [4.69, 9.17) is 11.6 Å². The van der Waals surface area contributed by atoms with Crippen molar-refractivity contribution in [1.82, 2.24) is 4.72 Å². The quantitative estimate of drug-likeness (QED) is 0.811. The SMILES string of the molecule is CCS(=O)(=O)[N]C(=O)c1cccc(Cl)c1. The number of sulfonamides is 1. The van der Waals surface area contributed by atoms with Gasteiger partial charge in [-0.3, -0.25) is 4.79 Å². The van der Waals surface area contributed by atoms with E-state index in [1.54, 1.807) is 12.1 Å². The topological polar surface area (TPSA) is 65.3 Å². The predicted molar refractivity (Wildman–Crippen MR) is 57.4 cm³/mol. The molecule has 0 aliphatic carbocycles. The van der Waals surface area contributed by atoms with Crippen molar-refractivity contribution in [3.8, 4) is 0 Å². The Morgan fingerprint density at radius 3 is 2.67 bits per heavy atom. The van der Waals surface area contributed by atoms with Crippen LogP contribution in [0.5, 0.6) is 0 Å². The standard InChI is InChI=1S/C9H9ClNO3S/c1-2-15(13,14)11-9(12)7-4-3-5-8(10)6-7/h3-6H,2H2,1H3. The van der Waals surface area contributed by atoms with Gasteiger partial charge in [-0.15, -0.1) is 4.72 Å². The van der Waals surface area contributed by atoms with Crippen molar-refractivity contribution >= 4 is 27.5 Å². The summed E-state index contributed by atoms with van der Waals surface area (Å²) in [6.45, 7) is 1.42. The van der Waals surface area contributed by atoms with Gasteiger partial charge in [0.05, 0.1) is 5.75 Å². The predicted octanol–water partition coefficient (Wildman–Crippen LogP) is 1.43. The highest BCUT2D eigenvalue weighted by atomic mass is 35.5. The van der Waals surface area contributed by atoms with Crippen molar-refractivity contribution in [1.29, 1.82) is 0 Å². The number of nitrogens with zero attached hydrogens (tertiary/aromatic N) is 1. The van der Waals surface area contributed by atoms with Gasteiger partial charge in [-0.05, 0) is 25.1 Å². The van der Waals surface area contributed by atoms with Crippen LogP contribution in [0.15, 0.2) is 24.3 Å². The highest BCUT2D eigenvalue weighted by molar-refractivity contribution is 7.89. The number of amides is 1. The van der Waals surface area contributed by atoms with Crippen LogP contribution >= 0.6 is 11.6 Å². The van der Waals surface area contributed by atoms with Gasteiger partial charge in [0.15, 0.2) is 0 Å². The summed E-state index contributed by atoms with van der Waals surface area (Å²) in [6, 6.07) is 5.98. The molecule has 0 spiro atoms. The summed E-state index contributed by atoms with van der Waals surface area (Å²) in [6.07, 6.45) is 0. The Kier molecular flexibility index (Phi) is 3.71. The van der Waals surface area contributed by atoms with E-state index in [2.05, 4.69) is 4.72 Å². The summed E-state index contributed by atoms with van der Waals surface area (Å²) >= 11 is 5.65. The molecule has 0 fully saturated rings. The molecule has 1 rings (SSSR count). The van der Waals surface area contributed by atoms with Crippen LogP contribution in [0.25, 0.3) is 0 Å². The first-order valence-corrected chi connectivity index (χ1v) is 6.19. The molecule has 81 valence electrons. The van der Waals surface area contributed by atoms with Crippen LogP contribution in [-0.2, 0) is 10.0 Å². The lowest BCUT2D eigenvalue weighted by Gasteiger charge is -2.01. The fraction of sp³-hybridized carbons (Fsp3) is 0.222. The van der Waals surface area contributed by atoms with E-state index >= 15 is 0 Å². The van der Waals surface area contributed by atoms with Crippen molar-refractivity contribution < 1.29 is 13.2 Å². The number of carbonyl (C=O) groups excluding carboxylic acids is 1. The Balaban J connectivity index is 2.87. The summed E-state index contributed by atoms with van der Waals surface area (Å²) in [7, 11) is -3.65. The molecule has 0 saturated heterocycles. The van der Waals surface area contributed by atoms with E-state index < -0.39 is 15.9 Å². The minimum atomic E-state index is -3.65. The van der Waals surface area contributed by atoms with E-state index in [9.17, 15) is 13.2 Å². The van der Waals surface area contributed by atoms with Gasteiger partial charge >= 0.3 is 0 Å². The fourth-order valence-electron chi connectivity index (χ4n) is 0.865. The Labute approximate surface area is 93.3 Å². The Morgan fingerprint density at radius 2 is 2.13 bits per heavy atom. The molecule has 6 heteroatoms. The first kappa shape index (κ1) is 12.0. The first-order valence-electron chi connectivity index (χ1n) is 4.20. The second kappa shape index (κ2) is 4.63. The van der Waals surface area contributed by atoms with Crippen LogP contribution < -0.4 is 4.72 Å². The van der Waals surface area contributed by atoms with E-state index in [0.29, 0.717) is 5.02 Å². The molecule has 15 heavy (non-hydrogen) atoms. The molecule has 1 aromatic rings. The lowest BCUT2D eigenvalue weighted by molar-refractivity contribution is 0.0978. The second-order valence-corrected chi connectivity index (χ2v) is 5.14. The van der Waals surface area contributed by atoms with Crippen molar-refractivity contribution in [2.24, 2.45) is 0 Å². The van der Waals surface area contributed by atoms with E-state index in [1.807, 2.05) is 0 Å². The molecular weight excluding hydrogens is 238 g/mol. The maximum atomic E-state index is 11.4. The number of hydrogen-bond donors (Lipinski definition) is 0.